The zero-order valence-electron chi connectivity index (χ0n) is 12.3. The fraction of sp³-hybridized carbons (Fsp3) is 0.200. The Hall–Kier alpha value is -2.58. The molecule has 0 aliphatic carbocycles. The molecule has 3 aromatic rings. The van der Waals surface area contributed by atoms with E-state index >= 15 is 0 Å². The van der Waals surface area contributed by atoms with Gasteiger partial charge in [0.2, 0.25) is 0 Å². The van der Waals surface area contributed by atoms with Gasteiger partial charge >= 0.3 is 0 Å². The summed E-state index contributed by atoms with van der Waals surface area (Å²) in [5.74, 6) is 1.17. The van der Waals surface area contributed by atoms with E-state index in [1.54, 1.807) is 31.4 Å². The summed E-state index contributed by atoms with van der Waals surface area (Å²) in [6.07, 6.45) is 0.609. The molecule has 0 atom stereocenters. The van der Waals surface area contributed by atoms with Crippen molar-refractivity contribution in [3.8, 4) is 10.9 Å². The van der Waals surface area contributed by atoms with E-state index in [0.717, 1.165) is 11.5 Å². The molecule has 118 valence electrons. The Morgan fingerprint density at radius 1 is 1.22 bits per heavy atom. The van der Waals surface area contributed by atoms with Gasteiger partial charge in [0.05, 0.1) is 16.9 Å². The molecule has 0 bridgehead atoms. The van der Waals surface area contributed by atoms with Crippen LogP contribution in [0.1, 0.15) is 5.82 Å². The number of aromatic nitrogens is 2. The maximum Gasteiger partial charge on any atom is 0.298 e. The highest BCUT2D eigenvalue weighted by Crippen LogP contribution is 2.35. The molecule has 3 rings (SSSR count). The largest absolute Gasteiger partial charge is 0.429 e. The first kappa shape index (κ1) is 15.3. The van der Waals surface area contributed by atoms with Gasteiger partial charge in [-0.25, -0.2) is 0 Å². The van der Waals surface area contributed by atoms with Crippen LogP contribution in [0.5, 0.6) is 10.9 Å². The minimum Gasteiger partial charge on any atom is -0.429 e. The number of nitrogens with zero attached hydrogens (tertiary/aromatic N) is 3. The third-order valence-corrected chi connectivity index (χ3v) is 3.87. The number of benzene rings is 2. The van der Waals surface area contributed by atoms with Gasteiger partial charge in [0.15, 0.2) is 0 Å². The van der Waals surface area contributed by atoms with E-state index in [1.807, 2.05) is 6.07 Å². The molecule has 23 heavy (non-hydrogen) atoms. The molecule has 1 heterocycles. The number of fused-ring (bicyclic) bond motifs is 1. The third-order valence-electron chi connectivity index (χ3n) is 3.23. The average Bonchev–Trinajstić information content (AvgIpc) is 3.00. The maximum absolute atomic E-state index is 11.1. The summed E-state index contributed by atoms with van der Waals surface area (Å²) >= 11 is 1.14. The molecule has 0 saturated heterocycles. The lowest BCUT2D eigenvalue weighted by atomic mass is 10.1. The van der Waals surface area contributed by atoms with Crippen molar-refractivity contribution >= 4 is 28.0 Å². The summed E-state index contributed by atoms with van der Waals surface area (Å²) in [6, 6.07) is 10.1. The van der Waals surface area contributed by atoms with Crippen LogP contribution in [-0.4, -0.2) is 28.0 Å². The van der Waals surface area contributed by atoms with Crippen molar-refractivity contribution in [3.63, 3.8) is 0 Å². The van der Waals surface area contributed by atoms with Gasteiger partial charge in [0.25, 0.3) is 10.9 Å². The van der Waals surface area contributed by atoms with Crippen molar-refractivity contribution < 1.29 is 14.4 Å². The average molecular weight is 331 g/mol. The fourth-order valence-corrected chi connectivity index (χ4v) is 2.76. The van der Waals surface area contributed by atoms with E-state index in [4.69, 9.17) is 9.47 Å². The van der Waals surface area contributed by atoms with Crippen LogP contribution in [0.15, 0.2) is 36.4 Å². The molecule has 1 aromatic heterocycles. The normalized spacial score (nSPS) is 10.8. The van der Waals surface area contributed by atoms with Gasteiger partial charge in [-0.15, -0.1) is 0 Å². The highest BCUT2D eigenvalue weighted by Gasteiger charge is 2.16. The molecule has 0 fully saturated rings. The van der Waals surface area contributed by atoms with Crippen molar-refractivity contribution in [1.29, 1.82) is 0 Å². The molecule has 0 spiro atoms. The van der Waals surface area contributed by atoms with E-state index in [-0.39, 0.29) is 5.69 Å². The minimum absolute atomic E-state index is 0.0472. The zero-order valence-corrected chi connectivity index (χ0v) is 13.1. The number of ether oxygens (including phenoxy) is 2. The number of hydrogen-bond acceptors (Lipinski definition) is 7. The van der Waals surface area contributed by atoms with Crippen molar-refractivity contribution in [1.82, 2.24) is 9.36 Å². The van der Waals surface area contributed by atoms with Gasteiger partial charge in [-0.1, -0.05) is 18.2 Å². The molecular weight excluding hydrogens is 318 g/mol. The van der Waals surface area contributed by atoms with Crippen LogP contribution in [0.3, 0.4) is 0 Å². The molecular formula is C15H13N3O4S. The van der Waals surface area contributed by atoms with Crippen LogP contribution in [0, 0.1) is 10.1 Å². The first-order chi connectivity index (χ1) is 11.2. The van der Waals surface area contributed by atoms with E-state index in [2.05, 4.69) is 9.36 Å². The Labute approximate surface area is 135 Å². The summed E-state index contributed by atoms with van der Waals surface area (Å²) in [5, 5.41) is 12.7. The molecule has 0 aliphatic rings. The Morgan fingerprint density at radius 3 is 2.74 bits per heavy atom. The number of methoxy groups -OCH3 is 1. The smallest absolute Gasteiger partial charge is 0.298 e. The lowest BCUT2D eigenvalue weighted by molar-refractivity contribution is -0.383. The number of nitro groups is 1. The van der Waals surface area contributed by atoms with Crippen molar-refractivity contribution in [2.45, 2.75) is 6.42 Å². The van der Waals surface area contributed by atoms with E-state index in [0.29, 0.717) is 40.6 Å². The van der Waals surface area contributed by atoms with E-state index in [9.17, 15) is 10.1 Å². The minimum atomic E-state index is -0.403. The number of non-ortho nitro benzene ring substituents is 1. The molecule has 0 unspecified atom stereocenters. The molecule has 7 nitrogen and oxygen atoms in total. The van der Waals surface area contributed by atoms with Crippen LogP contribution >= 0.6 is 11.5 Å². The van der Waals surface area contributed by atoms with Crippen LogP contribution in [0.2, 0.25) is 0 Å². The quantitative estimate of drug-likeness (QED) is 0.507. The molecule has 0 saturated carbocycles. The molecule has 0 amide bonds. The van der Waals surface area contributed by atoms with Crippen molar-refractivity contribution in [2.75, 3.05) is 13.7 Å². The zero-order chi connectivity index (χ0) is 16.2. The molecule has 2 aromatic carbocycles. The Morgan fingerprint density at radius 2 is 2.00 bits per heavy atom. The third kappa shape index (κ3) is 3.27. The summed E-state index contributed by atoms with van der Waals surface area (Å²) in [5.41, 5.74) is 0.0472. The molecule has 0 aliphatic heterocycles. The van der Waals surface area contributed by atoms with Crippen LogP contribution < -0.4 is 4.74 Å². The standard InChI is InChI=1S/C15H13N3O4S/c1-21-9-8-14-16-15(23-17-14)22-13-7-6-12(18(19)20)10-4-2-3-5-11(10)13/h2-7H,8-9H2,1H3. The van der Waals surface area contributed by atoms with Gasteiger partial charge < -0.3 is 9.47 Å². The molecule has 0 N–H and O–H groups in total. The summed E-state index contributed by atoms with van der Waals surface area (Å²) in [7, 11) is 1.62. The maximum atomic E-state index is 11.1. The van der Waals surface area contributed by atoms with Crippen LogP contribution in [-0.2, 0) is 11.2 Å². The Kier molecular flexibility index (Phi) is 4.45. The SMILES string of the molecule is COCCc1nsc(Oc2ccc([N+](=O)[O-])c3ccccc23)n1. The second kappa shape index (κ2) is 6.67. The van der Waals surface area contributed by atoms with E-state index < -0.39 is 4.92 Å². The number of rotatable bonds is 6. The first-order valence-corrected chi connectivity index (χ1v) is 7.62. The van der Waals surface area contributed by atoms with E-state index in [1.165, 1.54) is 6.07 Å². The molecule has 0 radical (unpaired) electrons. The van der Waals surface area contributed by atoms with Crippen LogP contribution in [0.4, 0.5) is 5.69 Å². The van der Waals surface area contributed by atoms with Crippen LogP contribution in [0.25, 0.3) is 10.8 Å². The van der Waals surface area contributed by atoms with Crippen molar-refractivity contribution in [2.24, 2.45) is 0 Å². The predicted molar refractivity (Wildman–Crippen MR) is 86.2 cm³/mol. The van der Waals surface area contributed by atoms with Gasteiger partial charge in [-0.2, -0.15) is 9.36 Å². The fourth-order valence-electron chi connectivity index (χ4n) is 2.17. The summed E-state index contributed by atoms with van der Waals surface area (Å²) in [6.45, 7) is 0.538. The second-order valence-electron chi connectivity index (χ2n) is 4.71. The number of nitro benzene ring substituents is 1. The monoisotopic (exact) mass is 331 g/mol. The van der Waals surface area contributed by atoms with Gasteiger partial charge in [-0.05, 0) is 12.1 Å². The molecule has 8 heteroatoms. The first-order valence-electron chi connectivity index (χ1n) is 6.84. The lowest BCUT2D eigenvalue weighted by Crippen LogP contribution is -1.96. The predicted octanol–water partition coefficient (Wildman–Crippen LogP) is 3.58. The lowest BCUT2D eigenvalue weighted by Gasteiger charge is -2.06. The Bertz CT molecular complexity index is 850. The van der Waals surface area contributed by atoms with Crippen molar-refractivity contribution in [3.05, 3.63) is 52.3 Å². The highest BCUT2D eigenvalue weighted by molar-refractivity contribution is 7.07. The van der Waals surface area contributed by atoms with Gasteiger partial charge in [-0.3, -0.25) is 10.1 Å². The van der Waals surface area contributed by atoms with Gasteiger partial charge in [0.1, 0.15) is 11.6 Å². The summed E-state index contributed by atoms with van der Waals surface area (Å²) in [4.78, 5) is 15.0. The summed E-state index contributed by atoms with van der Waals surface area (Å²) < 4.78 is 14.9. The topological polar surface area (TPSA) is 87.4 Å². The Balaban J connectivity index is 1.93. The number of hydrogen-bond donors (Lipinski definition) is 0. The van der Waals surface area contributed by atoms with Gasteiger partial charge in [0, 0.05) is 36.5 Å². The highest BCUT2D eigenvalue weighted by atomic mass is 32.1. The second-order valence-corrected chi connectivity index (χ2v) is 5.42.